The summed E-state index contributed by atoms with van der Waals surface area (Å²) in [5, 5.41) is 47.8. The third-order valence-corrected chi connectivity index (χ3v) is 6.74. The predicted octanol–water partition coefficient (Wildman–Crippen LogP) is -0.0498. The highest BCUT2D eigenvalue weighted by Crippen LogP contribution is 2.50. The second-order valence-electron chi connectivity index (χ2n) is 8.25. The van der Waals surface area contributed by atoms with Crippen LogP contribution in [-0.4, -0.2) is 69.4 Å². The van der Waals surface area contributed by atoms with Crippen LogP contribution in [0.15, 0.2) is 30.3 Å². The molecule has 10 nitrogen and oxygen atoms in total. The van der Waals surface area contributed by atoms with Crippen LogP contribution in [0.3, 0.4) is 0 Å². The zero-order chi connectivity index (χ0) is 23.4. The molecule has 0 bridgehead atoms. The molecule has 1 fully saturated rings. The van der Waals surface area contributed by atoms with Gasteiger partial charge in [0.05, 0.1) is 17.6 Å². The smallest absolute Gasteiger partial charge is 0.255 e. The van der Waals surface area contributed by atoms with Crippen molar-refractivity contribution in [3.63, 3.8) is 0 Å². The SMILES string of the molecule is O=C(NC1C(O)C(O)C(O)C2NC(=O)c3c(cc4c(c3O)OCO4)C12)c1ccc(CCl)cc1. The monoisotopic (exact) mass is 476 g/mol. The first-order valence-corrected chi connectivity index (χ1v) is 10.8. The van der Waals surface area contributed by atoms with Gasteiger partial charge in [-0.15, -0.1) is 11.6 Å². The number of aromatic hydroxyl groups is 1. The van der Waals surface area contributed by atoms with E-state index < -0.39 is 53.9 Å². The minimum Gasteiger partial charge on any atom is -0.504 e. The molecule has 6 atom stereocenters. The molecule has 2 aromatic rings. The molecule has 3 aliphatic rings. The van der Waals surface area contributed by atoms with Crippen molar-refractivity contribution >= 4 is 23.4 Å². The maximum Gasteiger partial charge on any atom is 0.255 e. The fourth-order valence-electron chi connectivity index (χ4n) is 4.76. The van der Waals surface area contributed by atoms with Crippen molar-refractivity contribution in [2.75, 3.05) is 6.79 Å². The Labute approximate surface area is 192 Å². The van der Waals surface area contributed by atoms with Gasteiger partial charge in [-0.3, -0.25) is 9.59 Å². The molecule has 2 amide bonds. The predicted molar refractivity (Wildman–Crippen MR) is 113 cm³/mol. The van der Waals surface area contributed by atoms with Crippen LogP contribution in [0.5, 0.6) is 17.2 Å². The summed E-state index contributed by atoms with van der Waals surface area (Å²) < 4.78 is 10.6. The van der Waals surface area contributed by atoms with E-state index in [4.69, 9.17) is 21.1 Å². The van der Waals surface area contributed by atoms with Gasteiger partial charge in [-0.2, -0.15) is 0 Å². The largest absolute Gasteiger partial charge is 0.504 e. The van der Waals surface area contributed by atoms with Gasteiger partial charge in [0.2, 0.25) is 12.5 Å². The van der Waals surface area contributed by atoms with E-state index in [0.717, 1.165) is 5.56 Å². The number of hydrogen-bond donors (Lipinski definition) is 6. The third kappa shape index (κ3) is 3.37. The number of rotatable bonds is 3. The van der Waals surface area contributed by atoms with Crippen LogP contribution in [0, 0.1) is 0 Å². The van der Waals surface area contributed by atoms with Crippen molar-refractivity contribution in [3.8, 4) is 17.2 Å². The normalized spacial score (nSPS) is 29.6. The number of fused-ring (bicyclic) bond motifs is 4. The van der Waals surface area contributed by atoms with E-state index in [2.05, 4.69) is 10.6 Å². The van der Waals surface area contributed by atoms with E-state index in [-0.39, 0.29) is 35.3 Å². The summed E-state index contributed by atoms with van der Waals surface area (Å²) in [7, 11) is 0. The summed E-state index contributed by atoms with van der Waals surface area (Å²) in [6.45, 7) is -0.149. The molecule has 6 unspecified atom stereocenters. The lowest BCUT2D eigenvalue weighted by Crippen LogP contribution is -2.69. The minimum absolute atomic E-state index is 0.0132. The summed E-state index contributed by atoms with van der Waals surface area (Å²) in [6.07, 6.45) is -4.73. The van der Waals surface area contributed by atoms with E-state index in [0.29, 0.717) is 5.56 Å². The molecule has 2 aromatic carbocycles. The standard InChI is InChI=1S/C22H21ClN2O8/c23-6-8-1-3-9(4-2-8)21(30)24-14-12-10-5-11-20(33-7-32-11)16(26)13(10)22(31)25-15(12)18(28)19(29)17(14)27/h1-5,12,14-15,17-19,26-29H,6-7H2,(H,24,30)(H,25,31). The molecule has 6 N–H and O–H groups in total. The number of nitrogens with one attached hydrogen (secondary N) is 2. The van der Waals surface area contributed by atoms with Crippen molar-refractivity contribution in [1.29, 1.82) is 0 Å². The molecule has 2 aliphatic heterocycles. The third-order valence-electron chi connectivity index (χ3n) is 6.43. The molecule has 5 rings (SSSR count). The Balaban J connectivity index is 1.57. The number of phenols is 1. The lowest BCUT2D eigenvalue weighted by Gasteiger charge is -2.49. The van der Waals surface area contributed by atoms with Crippen LogP contribution < -0.4 is 20.1 Å². The second-order valence-corrected chi connectivity index (χ2v) is 8.52. The molecule has 0 spiro atoms. The molecule has 0 aromatic heterocycles. The molecule has 1 aliphatic carbocycles. The van der Waals surface area contributed by atoms with Crippen LogP contribution in [-0.2, 0) is 5.88 Å². The number of amides is 2. The van der Waals surface area contributed by atoms with Crippen LogP contribution in [0.2, 0.25) is 0 Å². The Hall–Kier alpha value is -3.05. The Bertz CT molecular complexity index is 1120. The van der Waals surface area contributed by atoms with Crippen LogP contribution in [0.25, 0.3) is 0 Å². The van der Waals surface area contributed by atoms with Crippen LogP contribution >= 0.6 is 11.6 Å². The molecule has 33 heavy (non-hydrogen) atoms. The number of hydrogen-bond acceptors (Lipinski definition) is 8. The highest BCUT2D eigenvalue weighted by Gasteiger charge is 2.54. The number of alkyl halides is 1. The van der Waals surface area contributed by atoms with E-state index in [1.165, 1.54) is 6.07 Å². The number of carbonyl (C=O) groups excluding carboxylic acids is 2. The van der Waals surface area contributed by atoms with Crippen LogP contribution in [0.1, 0.15) is 37.8 Å². The number of benzene rings is 2. The molecule has 0 saturated heterocycles. The number of ether oxygens (including phenoxy) is 2. The van der Waals surface area contributed by atoms with E-state index >= 15 is 0 Å². The highest BCUT2D eigenvalue weighted by molar-refractivity contribution is 6.17. The van der Waals surface area contributed by atoms with Crippen molar-refractivity contribution in [2.45, 2.75) is 42.2 Å². The van der Waals surface area contributed by atoms with Gasteiger partial charge < -0.3 is 40.5 Å². The van der Waals surface area contributed by atoms with Gasteiger partial charge in [-0.1, -0.05) is 12.1 Å². The number of carbonyl (C=O) groups is 2. The topological polar surface area (TPSA) is 158 Å². The zero-order valence-corrected chi connectivity index (χ0v) is 17.8. The first-order chi connectivity index (χ1) is 15.8. The average Bonchev–Trinajstić information content (AvgIpc) is 3.29. The minimum atomic E-state index is -1.64. The Morgan fingerprint density at radius 3 is 2.55 bits per heavy atom. The van der Waals surface area contributed by atoms with Gasteiger partial charge >= 0.3 is 0 Å². The summed E-state index contributed by atoms with van der Waals surface area (Å²) in [4.78, 5) is 25.8. The fourth-order valence-corrected chi connectivity index (χ4v) is 4.94. The maximum absolute atomic E-state index is 13.0. The van der Waals surface area contributed by atoms with E-state index in [9.17, 15) is 30.0 Å². The number of phenolic OH excluding ortho intramolecular Hbond substituents is 1. The van der Waals surface area contributed by atoms with Gasteiger partial charge in [0.25, 0.3) is 11.8 Å². The van der Waals surface area contributed by atoms with E-state index in [1.807, 2.05) is 0 Å². The van der Waals surface area contributed by atoms with Crippen molar-refractivity contribution in [1.82, 2.24) is 10.6 Å². The van der Waals surface area contributed by atoms with Crippen molar-refractivity contribution in [2.24, 2.45) is 0 Å². The Morgan fingerprint density at radius 1 is 1.12 bits per heavy atom. The fraction of sp³-hybridized carbons (Fsp3) is 0.364. The van der Waals surface area contributed by atoms with Gasteiger partial charge in [0, 0.05) is 17.4 Å². The number of aliphatic hydroxyl groups excluding tert-OH is 3. The highest BCUT2D eigenvalue weighted by atomic mass is 35.5. The summed E-state index contributed by atoms with van der Waals surface area (Å²) in [6, 6.07) is 5.85. The maximum atomic E-state index is 13.0. The van der Waals surface area contributed by atoms with Crippen LogP contribution in [0.4, 0.5) is 0 Å². The van der Waals surface area contributed by atoms with Crippen molar-refractivity contribution in [3.05, 3.63) is 52.6 Å². The molecule has 11 heteroatoms. The lowest BCUT2D eigenvalue weighted by molar-refractivity contribution is -0.117. The molecule has 1 saturated carbocycles. The van der Waals surface area contributed by atoms with Crippen molar-refractivity contribution < 1.29 is 39.5 Å². The lowest BCUT2D eigenvalue weighted by atomic mass is 9.68. The molecular weight excluding hydrogens is 456 g/mol. The summed E-state index contributed by atoms with van der Waals surface area (Å²) in [5.74, 6) is -2.06. The second kappa shape index (κ2) is 8.07. The number of aliphatic hydroxyl groups is 3. The van der Waals surface area contributed by atoms with Gasteiger partial charge in [-0.05, 0) is 29.3 Å². The molecule has 0 radical (unpaired) electrons. The molecule has 174 valence electrons. The Kier molecular flexibility index (Phi) is 5.32. The first-order valence-electron chi connectivity index (χ1n) is 10.3. The van der Waals surface area contributed by atoms with Gasteiger partial charge in [-0.25, -0.2) is 0 Å². The molecular formula is C22H21ClN2O8. The Morgan fingerprint density at radius 2 is 1.85 bits per heavy atom. The first kappa shape index (κ1) is 21.8. The number of halogens is 1. The quantitative estimate of drug-likeness (QED) is 0.336. The summed E-state index contributed by atoms with van der Waals surface area (Å²) >= 11 is 5.79. The van der Waals surface area contributed by atoms with E-state index in [1.54, 1.807) is 24.3 Å². The molecule has 2 heterocycles. The van der Waals surface area contributed by atoms with Gasteiger partial charge in [0.1, 0.15) is 18.3 Å². The van der Waals surface area contributed by atoms with Gasteiger partial charge in [0.15, 0.2) is 11.5 Å². The average molecular weight is 477 g/mol. The summed E-state index contributed by atoms with van der Waals surface area (Å²) in [5.41, 5.74) is 1.25. The zero-order valence-electron chi connectivity index (χ0n) is 17.1.